The molecule has 1 saturated heterocycles. The van der Waals surface area contributed by atoms with Gasteiger partial charge in [0.2, 0.25) is 5.91 Å². The Labute approximate surface area is 139 Å². The molecule has 0 aromatic carbocycles. The number of β-amino-alcohol motifs (C(OH)–C–C–N with tert-alkyl or cyclic N) is 1. The Morgan fingerprint density at radius 3 is 3.09 bits per heavy atom. The number of hydrogen-bond acceptors (Lipinski definition) is 6. The van der Waals surface area contributed by atoms with Crippen molar-refractivity contribution in [2.24, 2.45) is 0 Å². The maximum absolute atomic E-state index is 12.3. The molecule has 2 aromatic rings. The number of aliphatic hydroxyl groups is 1. The summed E-state index contributed by atoms with van der Waals surface area (Å²) in [6.45, 7) is 1.50. The molecular formula is C16H20N4O2S. The Hall–Kier alpha value is -1.99. The Morgan fingerprint density at radius 1 is 1.52 bits per heavy atom. The zero-order valence-electron chi connectivity index (χ0n) is 13.1. The van der Waals surface area contributed by atoms with E-state index in [4.69, 9.17) is 0 Å². The summed E-state index contributed by atoms with van der Waals surface area (Å²) in [5, 5.41) is 14.7. The average Bonchev–Trinajstić information content (AvgIpc) is 3.18. The van der Waals surface area contributed by atoms with Crippen LogP contribution in [-0.2, 0) is 11.2 Å². The summed E-state index contributed by atoms with van der Waals surface area (Å²) in [6, 6.07) is 1.95. The first-order chi connectivity index (χ1) is 11.1. The molecule has 1 aliphatic heterocycles. The molecule has 0 spiro atoms. The lowest BCUT2D eigenvalue weighted by Gasteiger charge is -2.29. The van der Waals surface area contributed by atoms with E-state index in [1.807, 2.05) is 21.7 Å². The summed E-state index contributed by atoms with van der Waals surface area (Å²) < 4.78 is 0. The van der Waals surface area contributed by atoms with Crippen molar-refractivity contribution in [1.29, 1.82) is 0 Å². The smallest absolute Gasteiger partial charge is 0.226 e. The number of rotatable bonds is 5. The third-order valence-corrected chi connectivity index (χ3v) is 4.83. The minimum atomic E-state index is -0.906. The molecule has 0 saturated carbocycles. The van der Waals surface area contributed by atoms with Crippen LogP contribution in [0.25, 0.3) is 0 Å². The predicted molar refractivity (Wildman–Crippen MR) is 89.5 cm³/mol. The fourth-order valence-electron chi connectivity index (χ4n) is 2.87. The van der Waals surface area contributed by atoms with Gasteiger partial charge in [-0.3, -0.25) is 9.78 Å². The normalized spacial score (nSPS) is 20.7. The molecule has 1 N–H and O–H groups in total. The second-order valence-corrected chi connectivity index (χ2v) is 6.80. The van der Waals surface area contributed by atoms with E-state index in [-0.39, 0.29) is 5.91 Å². The van der Waals surface area contributed by atoms with Crippen molar-refractivity contribution in [3.05, 3.63) is 41.0 Å². The molecular weight excluding hydrogens is 312 g/mol. The van der Waals surface area contributed by atoms with Gasteiger partial charge in [0, 0.05) is 32.5 Å². The van der Waals surface area contributed by atoms with Gasteiger partial charge in [0.1, 0.15) is 11.4 Å². The SMILES string of the molecule is CN(CC1(O)CCN(c2cnccn2)C1)C(=O)Cc1ccsc1. The first kappa shape index (κ1) is 15.9. The third kappa shape index (κ3) is 3.86. The molecule has 3 rings (SSSR count). The maximum Gasteiger partial charge on any atom is 0.226 e. The Morgan fingerprint density at radius 2 is 2.39 bits per heavy atom. The van der Waals surface area contributed by atoms with Crippen molar-refractivity contribution in [1.82, 2.24) is 14.9 Å². The van der Waals surface area contributed by atoms with Crippen molar-refractivity contribution < 1.29 is 9.90 Å². The zero-order valence-corrected chi connectivity index (χ0v) is 13.9. The summed E-state index contributed by atoms with van der Waals surface area (Å²) in [7, 11) is 1.75. The predicted octanol–water partition coefficient (Wildman–Crippen LogP) is 1.18. The third-order valence-electron chi connectivity index (χ3n) is 4.10. The van der Waals surface area contributed by atoms with Crippen LogP contribution in [0.3, 0.4) is 0 Å². The van der Waals surface area contributed by atoms with E-state index in [9.17, 15) is 9.90 Å². The van der Waals surface area contributed by atoms with Crippen LogP contribution in [0.4, 0.5) is 5.82 Å². The standard InChI is InChI=1S/C16H20N4O2S/c1-19(15(21)8-13-2-7-23-10-13)11-16(22)3-6-20(12-16)14-9-17-4-5-18-14/h2,4-5,7,9-10,22H,3,6,8,11-12H2,1H3. The van der Waals surface area contributed by atoms with Gasteiger partial charge >= 0.3 is 0 Å². The number of aromatic nitrogens is 2. The van der Waals surface area contributed by atoms with E-state index in [0.29, 0.717) is 32.5 Å². The van der Waals surface area contributed by atoms with Crippen LogP contribution in [-0.4, -0.2) is 58.2 Å². The highest BCUT2D eigenvalue weighted by atomic mass is 32.1. The van der Waals surface area contributed by atoms with E-state index < -0.39 is 5.60 Å². The fourth-order valence-corrected chi connectivity index (χ4v) is 3.54. The van der Waals surface area contributed by atoms with Crippen LogP contribution >= 0.6 is 11.3 Å². The number of carbonyl (C=O) groups is 1. The molecule has 1 fully saturated rings. The van der Waals surface area contributed by atoms with Gasteiger partial charge in [-0.2, -0.15) is 11.3 Å². The lowest BCUT2D eigenvalue weighted by molar-refractivity contribution is -0.132. The van der Waals surface area contributed by atoms with Crippen molar-refractivity contribution >= 4 is 23.1 Å². The van der Waals surface area contributed by atoms with Gasteiger partial charge in [0.15, 0.2) is 0 Å². The van der Waals surface area contributed by atoms with E-state index in [0.717, 1.165) is 11.4 Å². The minimum Gasteiger partial charge on any atom is -0.386 e. The summed E-state index contributed by atoms with van der Waals surface area (Å²) in [5.41, 5.74) is 0.114. The number of thiophene rings is 1. The molecule has 0 radical (unpaired) electrons. The summed E-state index contributed by atoms with van der Waals surface area (Å²) in [6.07, 6.45) is 5.95. The molecule has 0 bridgehead atoms. The van der Waals surface area contributed by atoms with Crippen LogP contribution in [0, 0.1) is 0 Å². The first-order valence-electron chi connectivity index (χ1n) is 7.54. The van der Waals surface area contributed by atoms with Gasteiger partial charge in [0.25, 0.3) is 0 Å². The van der Waals surface area contributed by atoms with E-state index in [1.54, 1.807) is 41.9 Å². The molecule has 2 aromatic heterocycles. The van der Waals surface area contributed by atoms with E-state index >= 15 is 0 Å². The average molecular weight is 332 g/mol. The van der Waals surface area contributed by atoms with Gasteiger partial charge in [-0.05, 0) is 28.8 Å². The summed E-state index contributed by atoms with van der Waals surface area (Å²) in [4.78, 5) is 24.2. The van der Waals surface area contributed by atoms with Crippen molar-refractivity contribution in [2.75, 3.05) is 31.6 Å². The lowest BCUT2D eigenvalue weighted by Crippen LogP contribution is -2.46. The van der Waals surface area contributed by atoms with E-state index in [1.165, 1.54) is 0 Å². The molecule has 23 heavy (non-hydrogen) atoms. The molecule has 7 heteroatoms. The zero-order chi connectivity index (χ0) is 16.3. The number of likely N-dealkylation sites (N-methyl/N-ethyl adjacent to an activating group) is 1. The quantitative estimate of drug-likeness (QED) is 0.890. The van der Waals surface area contributed by atoms with Gasteiger partial charge in [-0.25, -0.2) is 4.98 Å². The molecule has 1 unspecified atom stereocenters. The summed E-state index contributed by atoms with van der Waals surface area (Å²) in [5.74, 6) is 0.783. The van der Waals surface area contributed by atoms with Crippen molar-refractivity contribution in [3.8, 4) is 0 Å². The van der Waals surface area contributed by atoms with Gasteiger partial charge in [-0.1, -0.05) is 0 Å². The van der Waals surface area contributed by atoms with Gasteiger partial charge < -0.3 is 14.9 Å². The Balaban J connectivity index is 1.58. The molecule has 0 aliphatic carbocycles. The molecule has 6 nitrogen and oxygen atoms in total. The summed E-state index contributed by atoms with van der Waals surface area (Å²) >= 11 is 1.58. The monoisotopic (exact) mass is 332 g/mol. The highest BCUT2D eigenvalue weighted by Gasteiger charge is 2.38. The Bertz CT molecular complexity index is 649. The maximum atomic E-state index is 12.3. The number of nitrogens with zero attached hydrogens (tertiary/aromatic N) is 4. The molecule has 1 aliphatic rings. The van der Waals surface area contributed by atoms with Crippen molar-refractivity contribution in [2.45, 2.75) is 18.4 Å². The number of amides is 1. The van der Waals surface area contributed by atoms with Crippen LogP contribution < -0.4 is 4.90 Å². The molecule has 1 atom stereocenters. The molecule has 1 amide bonds. The van der Waals surface area contributed by atoms with Crippen LogP contribution in [0.1, 0.15) is 12.0 Å². The highest BCUT2D eigenvalue weighted by molar-refractivity contribution is 7.07. The highest BCUT2D eigenvalue weighted by Crippen LogP contribution is 2.25. The second kappa shape index (κ2) is 6.64. The van der Waals surface area contributed by atoms with Crippen LogP contribution in [0.5, 0.6) is 0 Å². The largest absolute Gasteiger partial charge is 0.386 e. The van der Waals surface area contributed by atoms with Gasteiger partial charge in [-0.15, -0.1) is 0 Å². The van der Waals surface area contributed by atoms with Crippen LogP contribution in [0.2, 0.25) is 0 Å². The molecule has 3 heterocycles. The number of carbonyl (C=O) groups excluding carboxylic acids is 1. The van der Waals surface area contributed by atoms with Crippen molar-refractivity contribution in [3.63, 3.8) is 0 Å². The second-order valence-electron chi connectivity index (χ2n) is 6.02. The van der Waals surface area contributed by atoms with Crippen LogP contribution in [0.15, 0.2) is 35.4 Å². The van der Waals surface area contributed by atoms with Gasteiger partial charge in [0.05, 0.1) is 19.2 Å². The Kier molecular flexibility index (Phi) is 4.58. The topological polar surface area (TPSA) is 69.6 Å². The lowest BCUT2D eigenvalue weighted by atomic mass is 10.0. The number of anilines is 1. The number of hydrogen-bond donors (Lipinski definition) is 1. The fraction of sp³-hybridized carbons (Fsp3) is 0.438. The van der Waals surface area contributed by atoms with E-state index in [2.05, 4.69) is 9.97 Å². The minimum absolute atomic E-state index is 0.0229. The first-order valence-corrected chi connectivity index (χ1v) is 8.48. The molecule has 122 valence electrons.